The van der Waals surface area contributed by atoms with Crippen LogP contribution in [0.5, 0.6) is 0 Å². The lowest BCUT2D eigenvalue weighted by atomic mass is 10.0. The number of rotatable bonds is 2. The van der Waals surface area contributed by atoms with Gasteiger partial charge in [0, 0.05) is 12.6 Å². The zero-order valence-corrected chi connectivity index (χ0v) is 11.2. The number of benzene rings is 1. The molecule has 2 fully saturated rings. The molecule has 3 nitrogen and oxygen atoms in total. The van der Waals surface area contributed by atoms with Crippen molar-refractivity contribution in [2.45, 2.75) is 38.0 Å². The number of aryl methyl sites for hydroxylation is 1. The van der Waals surface area contributed by atoms with Crippen molar-refractivity contribution in [3.63, 3.8) is 0 Å². The lowest BCUT2D eigenvalue weighted by Gasteiger charge is -2.37. The van der Waals surface area contributed by atoms with E-state index in [1.54, 1.807) is 0 Å². The first-order valence-corrected chi connectivity index (χ1v) is 6.94. The number of halogens is 1. The number of aliphatic hydroxyl groups is 1. The van der Waals surface area contributed by atoms with E-state index in [0.29, 0.717) is 18.2 Å². The highest BCUT2D eigenvalue weighted by Gasteiger charge is 2.35. The second-order valence-corrected chi connectivity index (χ2v) is 5.67. The Morgan fingerprint density at radius 1 is 1.42 bits per heavy atom. The number of aliphatic hydroxyl groups excluding tert-OH is 1. The summed E-state index contributed by atoms with van der Waals surface area (Å²) < 4.78 is 19.2. The molecule has 1 aromatic rings. The van der Waals surface area contributed by atoms with Gasteiger partial charge in [0.1, 0.15) is 18.0 Å². The van der Waals surface area contributed by atoms with Crippen LogP contribution in [-0.2, 0) is 4.74 Å². The summed E-state index contributed by atoms with van der Waals surface area (Å²) in [6.07, 6.45) is 1.38. The molecule has 3 unspecified atom stereocenters. The first-order chi connectivity index (χ1) is 9.13. The van der Waals surface area contributed by atoms with Crippen molar-refractivity contribution >= 4 is 0 Å². The van der Waals surface area contributed by atoms with Crippen LogP contribution >= 0.6 is 0 Å². The summed E-state index contributed by atoms with van der Waals surface area (Å²) in [7, 11) is 0. The van der Waals surface area contributed by atoms with Crippen molar-refractivity contribution in [2.24, 2.45) is 0 Å². The van der Waals surface area contributed by atoms with Crippen LogP contribution < -0.4 is 0 Å². The topological polar surface area (TPSA) is 32.7 Å². The summed E-state index contributed by atoms with van der Waals surface area (Å²) in [4.78, 5) is 2.38. The van der Waals surface area contributed by atoms with E-state index >= 15 is 0 Å². The van der Waals surface area contributed by atoms with Gasteiger partial charge in [-0.1, -0.05) is 6.07 Å². The fourth-order valence-corrected chi connectivity index (χ4v) is 3.18. The van der Waals surface area contributed by atoms with Crippen LogP contribution in [-0.4, -0.2) is 41.8 Å². The third kappa shape index (κ3) is 2.66. The van der Waals surface area contributed by atoms with E-state index in [9.17, 15) is 9.50 Å². The highest BCUT2D eigenvalue weighted by molar-refractivity contribution is 5.26. The quantitative estimate of drug-likeness (QED) is 0.888. The summed E-state index contributed by atoms with van der Waals surface area (Å²) in [6, 6.07) is 5.20. The molecule has 1 aromatic carbocycles. The van der Waals surface area contributed by atoms with Gasteiger partial charge in [0.15, 0.2) is 0 Å². The van der Waals surface area contributed by atoms with Crippen molar-refractivity contribution in [2.75, 3.05) is 19.7 Å². The van der Waals surface area contributed by atoms with Crippen molar-refractivity contribution < 1.29 is 14.2 Å². The Hall–Kier alpha value is -0.970. The smallest absolute Gasteiger partial charge is 0.123 e. The van der Waals surface area contributed by atoms with Gasteiger partial charge in [-0.25, -0.2) is 4.39 Å². The standard InChI is InChI=1S/C15H20FNO2/c1-10-5-11(7-12(16)6-10)15(18)14-8-17-4-2-3-13(17)9-19-14/h5-7,13-15,18H,2-4,8-9H2,1H3. The molecule has 0 aliphatic carbocycles. The number of morpholine rings is 1. The largest absolute Gasteiger partial charge is 0.386 e. The maximum absolute atomic E-state index is 13.4. The molecule has 3 atom stereocenters. The molecular weight excluding hydrogens is 245 g/mol. The average molecular weight is 265 g/mol. The SMILES string of the molecule is Cc1cc(F)cc(C(O)C2CN3CCCC3CO2)c1. The van der Waals surface area contributed by atoms with Gasteiger partial charge in [-0.3, -0.25) is 4.90 Å². The third-order valence-electron chi connectivity index (χ3n) is 4.17. The summed E-state index contributed by atoms with van der Waals surface area (Å²) in [5.74, 6) is -0.302. The van der Waals surface area contributed by atoms with Gasteiger partial charge in [-0.05, 0) is 49.6 Å². The lowest BCUT2D eigenvalue weighted by molar-refractivity contribution is -0.103. The fourth-order valence-electron chi connectivity index (χ4n) is 3.18. The monoisotopic (exact) mass is 265 g/mol. The molecule has 19 heavy (non-hydrogen) atoms. The maximum Gasteiger partial charge on any atom is 0.123 e. The van der Waals surface area contributed by atoms with E-state index in [0.717, 1.165) is 18.7 Å². The van der Waals surface area contributed by atoms with Crippen LogP contribution in [0.3, 0.4) is 0 Å². The number of fused-ring (bicyclic) bond motifs is 1. The van der Waals surface area contributed by atoms with E-state index < -0.39 is 6.10 Å². The van der Waals surface area contributed by atoms with Crippen molar-refractivity contribution in [1.82, 2.24) is 4.90 Å². The van der Waals surface area contributed by atoms with Gasteiger partial charge < -0.3 is 9.84 Å². The van der Waals surface area contributed by atoms with E-state index in [1.807, 2.05) is 13.0 Å². The highest BCUT2D eigenvalue weighted by Crippen LogP contribution is 2.29. The normalized spacial score (nSPS) is 29.2. The Balaban J connectivity index is 1.74. The molecule has 0 bridgehead atoms. The minimum absolute atomic E-state index is 0.254. The predicted octanol–water partition coefficient (Wildman–Crippen LogP) is 2.03. The molecular formula is C15H20FNO2. The summed E-state index contributed by atoms with van der Waals surface area (Å²) >= 11 is 0. The van der Waals surface area contributed by atoms with Crippen LogP contribution in [0.1, 0.15) is 30.1 Å². The van der Waals surface area contributed by atoms with Crippen molar-refractivity contribution in [1.29, 1.82) is 0 Å². The maximum atomic E-state index is 13.4. The zero-order valence-electron chi connectivity index (χ0n) is 11.2. The molecule has 2 heterocycles. The van der Waals surface area contributed by atoms with E-state index in [4.69, 9.17) is 4.74 Å². The molecule has 0 spiro atoms. The van der Waals surface area contributed by atoms with Crippen molar-refractivity contribution in [3.05, 3.63) is 35.1 Å². The van der Waals surface area contributed by atoms with Gasteiger partial charge in [0.05, 0.1) is 6.61 Å². The number of ether oxygens (including phenoxy) is 1. The molecule has 2 saturated heterocycles. The number of hydrogen-bond donors (Lipinski definition) is 1. The summed E-state index contributed by atoms with van der Waals surface area (Å²) in [6.45, 7) is 4.33. The van der Waals surface area contributed by atoms with Crippen LogP contribution in [0.15, 0.2) is 18.2 Å². The highest BCUT2D eigenvalue weighted by atomic mass is 19.1. The van der Waals surface area contributed by atoms with Crippen molar-refractivity contribution in [3.8, 4) is 0 Å². The van der Waals surface area contributed by atoms with Crippen LogP contribution in [0.4, 0.5) is 4.39 Å². The summed E-state index contributed by atoms with van der Waals surface area (Å²) in [5.41, 5.74) is 1.43. The second kappa shape index (κ2) is 5.19. The predicted molar refractivity (Wildman–Crippen MR) is 70.4 cm³/mol. The molecule has 3 rings (SSSR count). The average Bonchev–Trinajstić information content (AvgIpc) is 2.83. The van der Waals surface area contributed by atoms with Gasteiger partial charge in [-0.2, -0.15) is 0 Å². The Kier molecular flexibility index (Phi) is 3.56. The summed E-state index contributed by atoms with van der Waals surface area (Å²) in [5, 5.41) is 10.4. The molecule has 0 aromatic heterocycles. The Morgan fingerprint density at radius 3 is 3.05 bits per heavy atom. The lowest BCUT2D eigenvalue weighted by Crippen LogP contribution is -2.48. The first-order valence-electron chi connectivity index (χ1n) is 6.94. The molecule has 0 amide bonds. The number of hydrogen-bond acceptors (Lipinski definition) is 3. The van der Waals surface area contributed by atoms with Gasteiger partial charge in [0.25, 0.3) is 0 Å². The van der Waals surface area contributed by atoms with E-state index in [1.165, 1.54) is 25.0 Å². The van der Waals surface area contributed by atoms with Crippen LogP contribution in [0.2, 0.25) is 0 Å². The molecule has 104 valence electrons. The fraction of sp³-hybridized carbons (Fsp3) is 0.600. The third-order valence-corrected chi connectivity index (χ3v) is 4.17. The molecule has 2 aliphatic heterocycles. The van der Waals surface area contributed by atoms with Gasteiger partial charge in [0.2, 0.25) is 0 Å². The van der Waals surface area contributed by atoms with Crippen LogP contribution in [0, 0.1) is 12.7 Å². The second-order valence-electron chi connectivity index (χ2n) is 5.67. The minimum atomic E-state index is -0.754. The molecule has 1 N–H and O–H groups in total. The first kappa shape index (κ1) is 13.0. The molecule has 2 aliphatic rings. The Bertz CT molecular complexity index is 445. The minimum Gasteiger partial charge on any atom is -0.386 e. The Morgan fingerprint density at radius 2 is 2.26 bits per heavy atom. The zero-order chi connectivity index (χ0) is 13.4. The van der Waals surface area contributed by atoms with E-state index in [-0.39, 0.29) is 11.9 Å². The molecule has 4 heteroatoms. The molecule has 0 saturated carbocycles. The van der Waals surface area contributed by atoms with E-state index in [2.05, 4.69) is 4.90 Å². The Labute approximate surface area is 113 Å². The van der Waals surface area contributed by atoms with Gasteiger partial charge in [-0.15, -0.1) is 0 Å². The van der Waals surface area contributed by atoms with Crippen LogP contribution in [0.25, 0.3) is 0 Å². The van der Waals surface area contributed by atoms with Gasteiger partial charge >= 0.3 is 0 Å². The molecule has 0 radical (unpaired) electrons. The number of nitrogens with zero attached hydrogens (tertiary/aromatic N) is 1.